The van der Waals surface area contributed by atoms with Crippen molar-refractivity contribution in [1.82, 2.24) is 0 Å². The Kier molecular flexibility index (Phi) is 8.30. The topological polar surface area (TPSA) is 249 Å². The number of hydrogen-bond donors (Lipinski definition) is 9. The number of aliphatic hydroxyl groups is 6. The van der Waals surface area contributed by atoms with Gasteiger partial charge in [-0.05, 0) is 31.2 Å². The predicted molar refractivity (Wildman–Crippen MR) is 139 cm³/mol. The first-order valence-corrected chi connectivity index (χ1v) is 12.9. The lowest BCUT2D eigenvalue weighted by atomic mass is 9.98. The number of phenols is 3. The lowest BCUT2D eigenvalue weighted by molar-refractivity contribution is -0.318. The van der Waals surface area contributed by atoms with Crippen molar-refractivity contribution < 1.29 is 69.3 Å². The molecule has 2 aliphatic heterocycles. The summed E-state index contributed by atoms with van der Waals surface area (Å²) in [6, 6.07) is 7.33. The van der Waals surface area contributed by atoms with Crippen LogP contribution in [0.15, 0.2) is 45.6 Å². The average Bonchev–Trinajstić information content (AvgIpc) is 2.95. The van der Waals surface area contributed by atoms with Crippen LogP contribution in [0.5, 0.6) is 23.0 Å². The highest BCUT2D eigenvalue weighted by atomic mass is 16.7. The molecule has 2 aliphatic rings. The van der Waals surface area contributed by atoms with E-state index in [9.17, 15) is 50.8 Å². The van der Waals surface area contributed by atoms with Gasteiger partial charge in [0.1, 0.15) is 70.9 Å². The quantitative estimate of drug-likeness (QED) is 0.159. The van der Waals surface area contributed by atoms with Crippen molar-refractivity contribution in [2.45, 2.75) is 68.3 Å². The molecule has 42 heavy (non-hydrogen) atoms. The third-order valence-electron chi connectivity index (χ3n) is 7.18. The highest BCUT2D eigenvalue weighted by molar-refractivity contribution is 5.88. The van der Waals surface area contributed by atoms with Gasteiger partial charge in [0.15, 0.2) is 12.1 Å². The summed E-state index contributed by atoms with van der Waals surface area (Å²) in [6.07, 6.45) is -15.8. The smallest absolute Gasteiger partial charge is 0.239 e. The van der Waals surface area contributed by atoms with Gasteiger partial charge in [0.2, 0.25) is 17.5 Å². The fourth-order valence-corrected chi connectivity index (χ4v) is 4.79. The number of ether oxygens (including phenoxy) is 4. The van der Waals surface area contributed by atoms with E-state index in [1.807, 2.05) is 0 Å². The first-order valence-electron chi connectivity index (χ1n) is 12.9. The molecule has 2 fully saturated rings. The predicted octanol–water partition coefficient (Wildman–Crippen LogP) is -1.39. The van der Waals surface area contributed by atoms with E-state index < -0.39 is 90.7 Å². The second-order valence-corrected chi connectivity index (χ2v) is 10.1. The summed E-state index contributed by atoms with van der Waals surface area (Å²) >= 11 is 0. The second-order valence-electron chi connectivity index (χ2n) is 10.1. The van der Waals surface area contributed by atoms with Crippen molar-refractivity contribution in [1.29, 1.82) is 0 Å². The van der Waals surface area contributed by atoms with E-state index in [4.69, 9.17) is 23.4 Å². The van der Waals surface area contributed by atoms with Crippen molar-refractivity contribution in [3.05, 3.63) is 46.6 Å². The Hall–Kier alpha value is -3.51. The summed E-state index contributed by atoms with van der Waals surface area (Å²) in [5, 5.41) is 91.4. The van der Waals surface area contributed by atoms with Gasteiger partial charge in [-0.1, -0.05) is 0 Å². The Bertz CT molecular complexity index is 1470. The maximum absolute atomic E-state index is 13.5. The van der Waals surface area contributed by atoms with Gasteiger partial charge in [0, 0.05) is 17.7 Å². The Morgan fingerprint density at radius 2 is 1.40 bits per heavy atom. The van der Waals surface area contributed by atoms with Crippen molar-refractivity contribution in [2.24, 2.45) is 0 Å². The summed E-state index contributed by atoms with van der Waals surface area (Å²) < 4.78 is 28.0. The molecule has 10 atom stereocenters. The lowest BCUT2D eigenvalue weighted by Crippen LogP contribution is -2.61. The maximum Gasteiger partial charge on any atom is 0.239 e. The van der Waals surface area contributed by atoms with Crippen LogP contribution in [-0.2, 0) is 14.2 Å². The number of aliphatic hydroxyl groups excluding tert-OH is 6. The van der Waals surface area contributed by atoms with Gasteiger partial charge in [-0.3, -0.25) is 4.79 Å². The van der Waals surface area contributed by atoms with E-state index in [2.05, 4.69) is 0 Å². The zero-order chi connectivity index (χ0) is 30.5. The molecule has 0 spiro atoms. The van der Waals surface area contributed by atoms with Crippen molar-refractivity contribution in [2.75, 3.05) is 6.61 Å². The lowest BCUT2D eigenvalue weighted by Gasteiger charge is -2.42. The fraction of sp³-hybridized carbons (Fsp3) is 0.444. The number of hydrogen-bond acceptors (Lipinski definition) is 15. The second kappa shape index (κ2) is 11.6. The Morgan fingerprint density at radius 3 is 2.10 bits per heavy atom. The molecule has 0 unspecified atom stereocenters. The molecule has 228 valence electrons. The normalized spacial score (nSPS) is 33.5. The minimum absolute atomic E-state index is 0.103. The number of rotatable bonds is 6. The third-order valence-corrected chi connectivity index (χ3v) is 7.18. The minimum atomic E-state index is -1.92. The van der Waals surface area contributed by atoms with Crippen LogP contribution in [0, 0.1) is 0 Å². The molecule has 0 radical (unpaired) electrons. The molecule has 2 aromatic carbocycles. The highest BCUT2D eigenvalue weighted by Crippen LogP contribution is 2.37. The molecular weight excluding hydrogens is 564 g/mol. The van der Waals surface area contributed by atoms with Gasteiger partial charge in [0.25, 0.3) is 0 Å². The van der Waals surface area contributed by atoms with Gasteiger partial charge in [-0.25, -0.2) is 0 Å². The Morgan fingerprint density at radius 1 is 0.762 bits per heavy atom. The van der Waals surface area contributed by atoms with Crippen LogP contribution in [0.1, 0.15) is 6.92 Å². The molecule has 15 nitrogen and oxygen atoms in total. The summed E-state index contributed by atoms with van der Waals surface area (Å²) in [4.78, 5) is 13.5. The minimum Gasteiger partial charge on any atom is -0.508 e. The molecule has 15 heteroatoms. The monoisotopic (exact) mass is 594 g/mol. The first kappa shape index (κ1) is 30.0. The Labute approximate surface area is 236 Å². The van der Waals surface area contributed by atoms with Gasteiger partial charge < -0.3 is 69.3 Å². The van der Waals surface area contributed by atoms with Gasteiger partial charge >= 0.3 is 0 Å². The van der Waals surface area contributed by atoms with Crippen LogP contribution in [0.4, 0.5) is 0 Å². The Balaban J connectivity index is 1.46. The van der Waals surface area contributed by atoms with Gasteiger partial charge in [0.05, 0.1) is 12.7 Å². The molecule has 0 saturated carbocycles. The molecular formula is C27H30O15. The van der Waals surface area contributed by atoms with E-state index in [-0.39, 0.29) is 28.0 Å². The van der Waals surface area contributed by atoms with E-state index in [0.29, 0.717) is 0 Å². The number of fused-ring (bicyclic) bond motifs is 1. The molecule has 2 saturated heterocycles. The van der Waals surface area contributed by atoms with E-state index in [1.165, 1.54) is 31.2 Å². The molecule has 1 aromatic heterocycles. The average molecular weight is 595 g/mol. The number of benzene rings is 2. The largest absolute Gasteiger partial charge is 0.508 e. The summed E-state index contributed by atoms with van der Waals surface area (Å²) in [5.41, 5.74) is -0.956. The number of aromatic hydroxyl groups is 3. The first-order chi connectivity index (χ1) is 19.9. The van der Waals surface area contributed by atoms with Crippen molar-refractivity contribution in [3.8, 4) is 34.3 Å². The summed E-state index contributed by atoms with van der Waals surface area (Å²) in [5.74, 6) is -1.97. The zero-order valence-electron chi connectivity index (χ0n) is 21.9. The van der Waals surface area contributed by atoms with Crippen LogP contribution >= 0.6 is 0 Å². The van der Waals surface area contributed by atoms with Crippen LogP contribution in [0.25, 0.3) is 22.3 Å². The molecule has 3 aromatic rings. The molecule has 0 bridgehead atoms. The van der Waals surface area contributed by atoms with Crippen LogP contribution in [0.3, 0.4) is 0 Å². The van der Waals surface area contributed by atoms with Crippen LogP contribution in [-0.4, -0.2) is 114 Å². The number of phenolic OH excluding ortho intramolecular Hbond substituents is 3. The SMILES string of the molecule is C[C@@H]1O[C@@H](OC[C@H]2O[C@H](Oc3c(-c4ccc(O)cc4)oc4cc(O)cc(O)c4c3=O)[C@H](O)[C@@H](O)[C@H]2O)[C@H](O)[C@H](O)[C@H]1O. The standard InChI is InChI=1S/C27H30O15/c1-9-17(31)20(34)22(36)26(39-9)38-8-15-18(32)21(35)23(37)27(41-15)42-25-19(33)16-13(30)6-12(29)7-14(16)40-24(25)10-2-4-11(28)5-3-10/h2-7,9,15,17-18,20-23,26-32,34-37H,8H2,1H3/t9-,15+,17-,18-,20+,21-,22+,23+,26+,27+/m0/s1. The molecule has 3 heterocycles. The summed E-state index contributed by atoms with van der Waals surface area (Å²) in [7, 11) is 0. The molecule has 0 aliphatic carbocycles. The third kappa shape index (κ3) is 5.49. The van der Waals surface area contributed by atoms with Crippen molar-refractivity contribution >= 4 is 11.0 Å². The van der Waals surface area contributed by atoms with Crippen LogP contribution < -0.4 is 10.2 Å². The van der Waals surface area contributed by atoms with Crippen molar-refractivity contribution in [3.63, 3.8) is 0 Å². The van der Waals surface area contributed by atoms with Crippen LogP contribution in [0.2, 0.25) is 0 Å². The van der Waals surface area contributed by atoms with Gasteiger partial charge in [-0.15, -0.1) is 0 Å². The van der Waals surface area contributed by atoms with Gasteiger partial charge in [-0.2, -0.15) is 0 Å². The maximum atomic E-state index is 13.5. The van der Waals surface area contributed by atoms with E-state index >= 15 is 0 Å². The van der Waals surface area contributed by atoms with E-state index in [1.54, 1.807) is 0 Å². The summed E-state index contributed by atoms with van der Waals surface area (Å²) in [6.45, 7) is 0.866. The van der Waals surface area contributed by atoms with E-state index in [0.717, 1.165) is 12.1 Å². The highest BCUT2D eigenvalue weighted by Gasteiger charge is 2.47. The zero-order valence-corrected chi connectivity index (χ0v) is 21.9. The molecule has 5 rings (SSSR count). The fourth-order valence-electron chi connectivity index (χ4n) is 4.79. The molecule has 0 amide bonds. The molecule has 9 N–H and O–H groups in total.